The molecule has 245 valence electrons. The number of rotatable bonds is 5. The van der Waals surface area contributed by atoms with Crippen molar-refractivity contribution < 1.29 is 49.1 Å². The maximum absolute atomic E-state index is 15.6. The van der Waals surface area contributed by atoms with Crippen molar-refractivity contribution in [1.82, 2.24) is 4.57 Å². The van der Waals surface area contributed by atoms with Gasteiger partial charge in [-0.25, -0.2) is 49.0 Å². The van der Waals surface area contributed by atoms with Gasteiger partial charge in [0.25, 0.3) is 6.71 Å². The van der Waals surface area contributed by atoms with E-state index in [9.17, 15) is 31.5 Å². The summed E-state index contributed by atoms with van der Waals surface area (Å²) in [4.78, 5) is 0. The van der Waals surface area contributed by atoms with Gasteiger partial charge in [-0.2, -0.15) is 0 Å². The highest BCUT2D eigenvalue weighted by molar-refractivity contribution is 6.96. The van der Waals surface area contributed by atoms with Gasteiger partial charge in [-0.1, -0.05) is 41.6 Å². The van der Waals surface area contributed by atoms with Crippen molar-refractivity contribution in [2.75, 3.05) is 5.06 Å². The quantitative estimate of drug-likeness (QED) is 0.0608. The van der Waals surface area contributed by atoms with Crippen LogP contribution < -0.4 is 21.5 Å². The summed E-state index contributed by atoms with van der Waals surface area (Å²) in [5.41, 5.74) is -5.66. The van der Waals surface area contributed by atoms with Crippen LogP contribution in [0.15, 0.2) is 66.7 Å². The predicted molar refractivity (Wildman–Crippen MR) is 161 cm³/mol. The second kappa shape index (κ2) is 11.6. The highest BCUT2D eigenvalue weighted by Gasteiger charge is 2.43. The van der Waals surface area contributed by atoms with Gasteiger partial charge in [0.1, 0.15) is 0 Å². The Balaban J connectivity index is 1.82. The van der Waals surface area contributed by atoms with Crippen LogP contribution in [0.1, 0.15) is 20.8 Å². The molecule has 1 heterocycles. The molecule has 0 N–H and O–H groups in total. The molecule has 14 heteroatoms. The molecule has 5 aromatic carbocycles. The Morgan fingerprint density at radius 1 is 0.542 bits per heavy atom. The minimum atomic E-state index is -2.94. The predicted octanol–water partition coefficient (Wildman–Crippen LogP) is 7.64. The Kier molecular flexibility index (Phi) is 7.97. The Bertz CT molecular complexity index is 2100. The van der Waals surface area contributed by atoms with Crippen molar-refractivity contribution in [2.45, 2.75) is 26.3 Å². The molecular formula is C34H20BF10N2O. The number of fused-ring (bicyclic) bond motifs is 3. The van der Waals surface area contributed by atoms with E-state index >= 15 is 17.6 Å². The summed E-state index contributed by atoms with van der Waals surface area (Å²) in [6.45, 7) is 1.17. The molecule has 0 saturated heterocycles. The van der Waals surface area contributed by atoms with E-state index in [0.29, 0.717) is 21.8 Å². The Hall–Kier alpha value is -4.98. The van der Waals surface area contributed by atoms with E-state index in [1.54, 1.807) is 53.1 Å². The smallest absolute Gasteiger partial charge is 0.260 e. The molecule has 6 rings (SSSR count). The molecule has 0 aliphatic carbocycles. The first-order chi connectivity index (χ1) is 22.6. The summed E-state index contributed by atoms with van der Waals surface area (Å²) < 4.78 is 151. The average molecular weight is 673 g/mol. The van der Waals surface area contributed by atoms with Gasteiger partial charge in [0.15, 0.2) is 58.2 Å². The zero-order valence-electron chi connectivity index (χ0n) is 25.0. The first-order valence-electron chi connectivity index (χ1n) is 14.2. The second-order valence-corrected chi connectivity index (χ2v) is 12.0. The first kappa shape index (κ1) is 32.9. The van der Waals surface area contributed by atoms with E-state index in [2.05, 4.69) is 0 Å². The zero-order chi connectivity index (χ0) is 35.0. The number of benzene rings is 5. The van der Waals surface area contributed by atoms with Crippen LogP contribution in [0.5, 0.6) is 0 Å². The van der Waals surface area contributed by atoms with Crippen LogP contribution in [0, 0.1) is 58.2 Å². The first-order valence-corrected chi connectivity index (χ1v) is 14.2. The lowest BCUT2D eigenvalue weighted by Gasteiger charge is -2.32. The number of para-hydroxylation sites is 2. The fraction of sp³-hybridized carbons (Fsp3) is 0.118. The van der Waals surface area contributed by atoms with Crippen LogP contribution >= 0.6 is 0 Å². The number of hydrogen-bond donors (Lipinski definition) is 0. The Labute approximate surface area is 266 Å². The van der Waals surface area contributed by atoms with Crippen molar-refractivity contribution in [3.8, 4) is 5.69 Å². The van der Waals surface area contributed by atoms with E-state index in [1.807, 2.05) is 0 Å². The highest BCUT2D eigenvalue weighted by atomic mass is 19.2. The number of hydroxylamine groups is 1. The molecule has 0 atom stereocenters. The molecule has 0 fully saturated rings. The SMILES string of the molecule is CC(C)(C)N([O])c1ccc(-n2c3ccccc3c3ccccc32)cc1B(c1c(F)c(F)c(F)c(F)c1F)c1c(F)c(F)c(F)c(F)c1F. The number of nitrogens with zero attached hydrogens (tertiary/aromatic N) is 2. The standard InChI is InChI=1S/C34H20BF10N2O/c1-34(2,3)47(48)21-13-12-15(46-19-10-6-4-8-16(19)17-9-5-7-11-20(17)46)14-18(21)35(22-24(36)28(40)32(44)29(41)25(22)37)23-26(38)30(42)33(45)31(43)27(23)39/h4-14H,1-3H3. The third kappa shape index (κ3) is 4.88. The summed E-state index contributed by atoms with van der Waals surface area (Å²) in [6.07, 6.45) is 0. The van der Waals surface area contributed by atoms with Crippen LogP contribution in [-0.2, 0) is 5.21 Å². The maximum Gasteiger partial charge on any atom is 0.260 e. The minimum absolute atomic E-state index is 0.0474. The van der Waals surface area contributed by atoms with Crippen molar-refractivity contribution in [2.24, 2.45) is 0 Å². The van der Waals surface area contributed by atoms with E-state index in [1.165, 1.54) is 26.8 Å². The molecular weight excluding hydrogens is 653 g/mol. The molecule has 0 aliphatic rings. The van der Waals surface area contributed by atoms with Gasteiger partial charge in [-0.15, -0.1) is 0 Å². The van der Waals surface area contributed by atoms with Crippen molar-refractivity contribution in [1.29, 1.82) is 0 Å². The minimum Gasteiger partial charge on any atom is -0.309 e. The zero-order valence-corrected chi connectivity index (χ0v) is 25.0. The summed E-state index contributed by atoms with van der Waals surface area (Å²) >= 11 is 0. The lowest BCUT2D eigenvalue weighted by atomic mass is 9.35. The molecule has 0 aliphatic heterocycles. The van der Waals surface area contributed by atoms with E-state index < -0.39 is 92.5 Å². The molecule has 6 aromatic rings. The normalized spacial score (nSPS) is 12.0. The molecule has 0 unspecified atom stereocenters. The average Bonchev–Trinajstić information content (AvgIpc) is 3.41. The van der Waals surface area contributed by atoms with Crippen LogP contribution in [0.2, 0.25) is 0 Å². The summed E-state index contributed by atoms with van der Waals surface area (Å²) in [7, 11) is 0. The fourth-order valence-electron chi connectivity index (χ4n) is 5.87. The number of aromatic nitrogens is 1. The number of halogens is 10. The summed E-state index contributed by atoms with van der Waals surface area (Å²) in [5, 5.41) is 15.3. The molecule has 0 spiro atoms. The largest absolute Gasteiger partial charge is 0.309 e. The van der Waals surface area contributed by atoms with Crippen LogP contribution in [-0.4, -0.2) is 16.8 Å². The number of anilines is 1. The van der Waals surface area contributed by atoms with Crippen molar-refractivity contribution in [3.63, 3.8) is 0 Å². The fourth-order valence-corrected chi connectivity index (χ4v) is 5.87. The van der Waals surface area contributed by atoms with Crippen LogP contribution in [0.3, 0.4) is 0 Å². The van der Waals surface area contributed by atoms with E-state index in [0.717, 1.165) is 12.1 Å². The van der Waals surface area contributed by atoms with Crippen molar-refractivity contribution >= 4 is 50.6 Å². The van der Waals surface area contributed by atoms with E-state index in [4.69, 9.17) is 0 Å². The molecule has 0 amide bonds. The van der Waals surface area contributed by atoms with Gasteiger partial charge in [0.05, 0.1) is 22.3 Å². The molecule has 0 saturated carbocycles. The third-order valence-corrected chi connectivity index (χ3v) is 8.05. The Morgan fingerprint density at radius 2 is 0.917 bits per heavy atom. The lowest BCUT2D eigenvalue weighted by molar-refractivity contribution is 0.102. The molecule has 0 bridgehead atoms. The van der Waals surface area contributed by atoms with Gasteiger partial charge in [0.2, 0.25) is 0 Å². The lowest BCUT2D eigenvalue weighted by Crippen LogP contribution is -2.59. The van der Waals surface area contributed by atoms with E-state index in [-0.39, 0.29) is 10.8 Å². The van der Waals surface area contributed by atoms with Gasteiger partial charge >= 0.3 is 0 Å². The topological polar surface area (TPSA) is 28.1 Å². The summed E-state index contributed by atoms with van der Waals surface area (Å²) in [5.74, 6) is -25.9. The number of hydrogen-bond acceptors (Lipinski definition) is 1. The maximum atomic E-state index is 15.6. The van der Waals surface area contributed by atoms with Gasteiger partial charge in [-0.3, -0.25) is 0 Å². The molecule has 1 aromatic heterocycles. The van der Waals surface area contributed by atoms with Gasteiger partial charge in [0, 0.05) is 27.4 Å². The monoisotopic (exact) mass is 673 g/mol. The molecule has 1 radical (unpaired) electrons. The Morgan fingerprint density at radius 3 is 1.31 bits per heavy atom. The second-order valence-electron chi connectivity index (χ2n) is 12.0. The third-order valence-electron chi connectivity index (χ3n) is 8.05. The van der Waals surface area contributed by atoms with Gasteiger partial charge < -0.3 is 4.57 Å². The van der Waals surface area contributed by atoms with Crippen molar-refractivity contribution in [3.05, 3.63) is 125 Å². The molecule has 3 nitrogen and oxygen atoms in total. The van der Waals surface area contributed by atoms with Crippen LogP contribution in [0.25, 0.3) is 27.5 Å². The van der Waals surface area contributed by atoms with Crippen LogP contribution in [0.4, 0.5) is 49.6 Å². The molecule has 48 heavy (non-hydrogen) atoms. The summed E-state index contributed by atoms with van der Waals surface area (Å²) in [6, 6.07) is 17.2. The highest BCUT2D eigenvalue weighted by Crippen LogP contribution is 2.33. The van der Waals surface area contributed by atoms with Gasteiger partial charge in [-0.05, 0) is 56.6 Å².